The normalized spacial score (nSPS) is 11.6. The number of nitrogens with zero attached hydrogens (tertiary/aromatic N) is 4. The van der Waals surface area contributed by atoms with E-state index in [1.807, 2.05) is 48.5 Å². The molecule has 0 unspecified atom stereocenters. The standard InChI is InChI=1S/C16H16N4O/c1-16(2,21)15-18-14(12-8-4-3-5-9-12)19-20(15)13-10-6-7-11-17-13/h3-11,21H,1-2H3. The second-order valence-electron chi connectivity index (χ2n) is 5.28. The Morgan fingerprint density at radius 3 is 2.33 bits per heavy atom. The predicted octanol–water partition coefficient (Wildman–Crippen LogP) is 2.56. The molecule has 1 N–H and O–H groups in total. The zero-order valence-electron chi connectivity index (χ0n) is 11.9. The summed E-state index contributed by atoms with van der Waals surface area (Å²) in [6.07, 6.45) is 1.69. The second-order valence-corrected chi connectivity index (χ2v) is 5.28. The molecule has 0 aliphatic carbocycles. The van der Waals surface area contributed by atoms with Crippen LogP contribution in [0, 0.1) is 0 Å². The van der Waals surface area contributed by atoms with Gasteiger partial charge < -0.3 is 5.11 Å². The Hall–Kier alpha value is -2.53. The molecule has 0 radical (unpaired) electrons. The molecule has 3 rings (SSSR count). The van der Waals surface area contributed by atoms with Crippen LogP contribution in [0.25, 0.3) is 17.2 Å². The van der Waals surface area contributed by atoms with Gasteiger partial charge in [0, 0.05) is 11.8 Å². The van der Waals surface area contributed by atoms with Crippen LogP contribution in [-0.4, -0.2) is 24.9 Å². The van der Waals surface area contributed by atoms with E-state index in [4.69, 9.17) is 0 Å². The van der Waals surface area contributed by atoms with E-state index in [1.54, 1.807) is 24.7 Å². The van der Waals surface area contributed by atoms with Gasteiger partial charge in [-0.15, -0.1) is 5.10 Å². The maximum Gasteiger partial charge on any atom is 0.182 e. The van der Waals surface area contributed by atoms with Gasteiger partial charge in [-0.1, -0.05) is 36.4 Å². The molecule has 0 amide bonds. The van der Waals surface area contributed by atoms with Crippen molar-refractivity contribution < 1.29 is 5.11 Å². The summed E-state index contributed by atoms with van der Waals surface area (Å²) in [5.74, 6) is 1.66. The fourth-order valence-corrected chi connectivity index (χ4v) is 2.06. The first-order valence-electron chi connectivity index (χ1n) is 6.72. The summed E-state index contributed by atoms with van der Waals surface area (Å²) in [4.78, 5) is 8.77. The smallest absolute Gasteiger partial charge is 0.182 e. The van der Waals surface area contributed by atoms with E-state index in [2.05, 4.69) is 15.1 Å². The first-order valence-corrected chi connectivity index (χ1v) is 6.72. The summed E-state index contributed by atoms with van der Waals surface area (Å²) in [6, 6.07) is 15.2. The Kier molecular flexibility index (Phi) is 3.27. The number of aromatic nitrogens is 4. The Morgan fingerprint density at radius 2 is 1.71 bits per heavy atom. The third-order valence-corrected chi connectivity index (χ3v) is 3.05. The molecule has 2 heterocycles. The molecule has 106 valence electrons. The van der Waals surface area contributed by atoms with Gasteiger partial charge in [0.1, 0.15) is 5.60 Å². The summed E-state index contributed by atoms with van der Waals surface area (Å²) in [5.41, 5.74) is -0.213. The van der Waals surface area contributed by atoms with Crippen LogP contribution in [0.3, 0.4) is 0 Å². The minimum absolute atomic E-state index is 0.458. The maximum absolute atomic E-state index is 10.3. The van der Waals surface area contributed by atoms with Gasteiger partial charge in [0.2, 0.25) is 0 Å². The molecule has 0 spiro atoms. The van der Waals surface area contributed by atoms with E-state index >= 15 is 0 Å². The van der Waals surface area contributed by atoms with Crippen LogP contribution in [0.1, 0.15) is 19.7 Å². The Labute approximate surface area is 122 Å². The van der Waals surface area contributed by atoms with E-state index in [1.165, 1.54) is 0 Å². The van der Waals surface area contributed by atoms with Crippen molar-refractivity contribution in [3.63, 3.8) is 0 Å². The van der Waals surface area contributed by atoms with E-state index < -0.39 is 5.60 Å². The Balaban J connectivity index is 2.17. The van der Waals surface area contributed by atoms with Gasteiger partial charge in [-0.05, 0) is 26.0 Å². The SMILES string of the molecule is CC(C)(O)c1nc(-c2ccccc2)nn1-c1ccccn1. The summed E-state index contributed by atoms with van der Waals surface area (Å²) in [7, 11) is 0. The topological polar surface area (TPSA) is 63.8 Å². The van der Waals surface area contributed by atoms with E-state index in [9.17, 15) is 5.11 Å². The highest BCUT2D eigenvalue weighted by molar-refractivity contribution is 5.54. The lowest BCUT2D eigenvalue weighted by atomic mass is 10.1. The van der Waals surface area contributed by atoms with Gasteiger partial charge in [0.25, 0.3) is 0 Å². The summed E-state index contributed by atoms with van der Waals surface area (Å²) in [6.45, 7) is 3.37. The number of pyridine rings is 1. The van der Waals surface area contributed by atoms with E-state index in [0.29, 0.717) is 17.5 Å². The number of hydrogen-bond acceptors (Lipinski definition) is 4. The van der Waals surface area contributed by atoms with Crippen molar-refractivity contribution in [1.29, 1.82) is 0 Å². The summed E-state index contributed by atoms with van der Waals surface area (Å²) < 4.78 is 1.59. The highest BCUT2D eigenvalue weighted by Gasteiger charge is 2.26. The average molecular weight is 280 g/mol. The lowest BCUT2D eigenvalue weighted by Crippen LogP contribution is -2.22. The van der Waals surface area contributed by atoms with Gasteiger partial charge >= 0.3 is 0 Å². The number of rotatable bonds is 3. The van der Waals surface area contributed by atoms with E-state index in [0.717, 1.165) is 5.56 Å². The molecular formula is C16H16N4O. The van der Waals surface area contributed by atoms with Gasteiger partial charge in [-0.3, -0.25) is 0 Å². The van der Waals surface area contributed by atoms with Crippen molar-refractivity contribution in [2.45, 2.75) is 19.4 Å². The zero-order valence-corrected chi connectivity index (χ0v) is 11.9. The molecule has 0 atom stereocenters. The highest BCUT2D eigenvalue weighted by atomic mass is 16.3. The van der Waals surface area contributed by atoms with Crippen LogP contribution >= 0.6 is 0 Å². The van der Waals surface area contributed by atoms with Gasteiger partial charge in [0.15, 0.2) is 17.5 Å². The number of aliphatic hydroxyl groups is 1. The van der Waals surface area contributed by atoms with Crippen molar-refractivity contribution in [1.82, 2.24) is 19.7 Å². The average Bonchev–Trinajstić information content (AvgIpc) is 2.94. The molecule has 0 aliphatic heterocycles. The van der Waals surface area contributed by atoms with Crippen molar-refractivity contribution in [3.8, 4) is 17.2 Å². The second kappa shape index (κ2) is 5.10. The van der Waals surface area contributed by atoms with Gasteiger partial charge in [-0.2, -0.15) is 4.68 Å². The number of benzene rings is 1. The summed E-state index contributed by atoms with van der Waals surface area (Å²) >= 11 is 0. The van der Waals surface area contributed by atoms with Crippen LogP contribution in [0.15, 0.2) is 54.7 Å². The molecule has 5 nitrogen and oxygen atoms in total. The molecule has 0 bridgehead atoms. The van der Waals surface area contributed by atoms with Crippen LogP contribution in [-0.2, 0) is 5.60 Å². The number of hydrogen-bond donors (Lipinski definition) is 1. The molecule has 0 saturated heterocycles. The van der Waals surface area contributed by atoms with Crippen molar-refractivity contribution in [3.05, 3.63) is 60.6 Å². The summed E-state index contributed by atoms with van der Waals surface area (Å²) in [5, 5.41) is 14.8. The molecule has 0 fully saturated rings. The largest absolute Gasteiger partial charge is 0.382 e. The van der Waals surface area contributed by atoms with Gasteiger partial charge in [-0.25, -0.2) is 9.97 Å². The van der Waals surface area contributed by atoms with Crippen LogP contribution < -0.4 is 0 Å². The molecular weight excluding hydrogens is 264 g/mol. The molecule has 21 heavy (non-hydrogen) atoms. The van der Waals surface area contributed by atoms with Crippen molar-refractivity contribution >= 4 is 0 Å². The molecule has 3 aromatic rings. The first kappa shape index (κ1) is 13.5. The minimum atomic E-state index is -1.11. The van der Waals surface area contributed by atoms with Gasteiger partial charge in [0.05, 0.1) is 0 Å². The Bertz CT molecular complexity index is 730. The quantitative estimate of drug-likeness (QED) is 0.801. The molecule has 0 aliphatic rings. The maximum atomic E-state index is 10.3. The molecule has 5 heteroatoms. The van der Waals surface area contributed by atoms with Crippen LogP contribution in [0.4, 0.5) is 0 Å². The van der Waals surface area contributed by atoms with Crippen molar-refractivity contribution in [2.24, 2.45) is 0 Å². The third-order valence-electron chi connectivity index (χ3n) is 3.05. The Morgan fingerprint density at radius 1 is 1.00 bits per heavy atom. The van der Waals surface area contributed by atoms with E-state index in [-0.39, 0.29) is 0 Å². The van der Waals surface area contributed by atoms with Crippen molar-refractivity contribution in [2.75, 3.05) is 0 Å². The highest BCUT2D eigenvalue weighted by Crippen LogP contribution is 2.24. The fraction of sp³-hybridized carbons (Fsp3) is 0.188. The monoisotopic (exact) mass is 280 g/mol. The zero-order chi connectivity index (χ0) is 14.9. The lowest BCUT2D eigenvalue weighted by Gasteiger charge is -2.16. The lowest BCUT2D eigenvalue weighted by molar-refractivity contribution is 0.0663. The third kappa shape index (κ3) is 2.68. The molecule has 0 saturated carbocycles. The predicted molar refractivity (Wildman–Crippen MR) is 79.8 cm³/mol. The van der Waals surface area contributed by atoms with Crippen LogP contribution in [0.5, 0.6) is 0 Å². The van der Waals surface area contributed by atoms with Crippen LogP contribution in [0.2, 0.25) is 0 Å². The minimum Gasteiger partial charge on any atom is -0.382 e. The fourth-order valence-electron chi connectivity index (χ4n) is 2.06. The molecule has 1 aromatic carbocycles. The first-order chi connectivity index (χ1) is 10.1. The molecule has 2 aromatic heterocycles.